The van der Waals surface area contributed by atoms with Crippen LogP contribution in [0.25, 0.3) is 0 Å². The Morgan fingerprint density at radius 1 is 1.21 bits per heavy atom. The molecule has 0 spiro atoms. The first kappa shape index (κ1) is 19.9. The molecule has 0 heterocycles. The van der Waals surface area contributed by atoms with Crippen LogP contribution in [-0.2, 0) is 19.1 Å². The second kappa shape index (κ2) is 9.88. The first-order chi connectivity index (χ1) is 11.4. The number of carbonyl (C=O) groups is 2. The first-order valence-electron chi connectivity index (χ1n) is 8.23. The fraction of sp³-hybridized carbons (Fsp3) is 0.474. The van der Waals surface area contributed by atoms with E-state index in [0.717, 1.165) is 17.7 Å². The third-order valence-corrected chi connectivity index (χ3v) is 3.82. The van der Waals surface area contributed by atoms with E-state index in [0.29, 0.717) is 5.92 Å². The summed E-state index contributed by atoms with van der Waals surface area (Å²) in [5.41, 5.74) is 1.81. The van der Waals surface area contributed by atoms with Crippen LogP contribution >= 0.6 is 0 Å². The number of carbonyl (C=O) groups excluding carboxylic acids is 2. The van der Waals surface area contributed by atoms with Gasteiger partial charge in [-0.3, -0.25) is 4.79 Å². The van der Waals surface area contributed by atoms with Gasteiger partial charge in [0, 0.05) is 5.69 Å². The van der Waals surface area contributed by atoms with Gasteiger partial charge in [0.2, 0.25) is 0 Å². The molecule has 132 valence electrons. The molecule has 5 nitrogen and oxygen atoms in total. The number of amides is 1. The SMILES string of the molecule is C=CCOC(C)C(=O)OC(C)C(=O)Nc1ccccc1C(C)CC. The second-order valence-corrected chi connectivity index (χ2v) is 5.73. The molecule has 1 aromatic carbocycles. The molecule has 3 atom stereocenters. The van der Waals surface area contributed by atoms with Crippen LogP contribution in [0.2, 0.25) is 0 Å². The smallest absolute Gasteiger partial charge is 0.335 e. The van der Waals surface area contributed by atoms with Crippen molar-refractivity contribution in [2.24, 2.45) is 0 Å². The average Bonchev–Trinajstić information content (AvgIpc) is 2.59. The summed E-state index contributed by atoms with van der Waals surface area (Å²) >= 11 is 0. The maximum absolute atomic E-state index is 12.3. The van der Waals surface area contributed by atoms with E-state index in [-0.39, 0.29) is 12.5 Å². The Morgan fingerprint density at radius 3 is 2.50 bits per heavy atom. The van der Waals surface area contributed by atoms with Gasteiger partial charge in [0.25, 0.3) is 5.91 Å². The van der Waals surface area contributed by atoms with E-state index in [1.807, 2.05) is 24.3 Å². The van der Waals surface area contributed by atoms with Gasteiger partial charge in [-0.2, -0.15) is 0 Å². The van der Waals surface area contributed by atoms with E-state index < -0.39 is 18.2 Å². The summed E-state index contributed by atoms with van der Waals surface area (Å²) in [6.07, 6.45) is 0.865. The topological polar surface area (TPSA) is 64.6 Å². The molecule has 0 radical (unpaired) electrons. The predicted molar refractivity (Wildman–Crippen MR) is 94.9 cm³/mol. The Morgan fingerprint density at radius 2 is 1.88 bits per heavy atom. The molecule has 0 aliphatic rings. The molecule has 24 heavy (non-hydrogen) atoms. The lowest BCUT2D eigenvalue weighted by Crippen LogP contribution is -2.34. The summed E-state index contributed by atoms with van der Waals surface area (Å²) in [4.78, 5) is 24.2. The van der Waals surface area contributed by atoms with Crippen molar-refractivity contribution in [3.8, 4) is 0 Å². The van der Waals surface area contributed by atoms with E-state index in [2.05, 4.69) is 25.7 Å². The van der Waals surface area contributed by atoms with Gasteiger partial charge in [0.1, 0.15) is 0 Å². The van der Waals surface area contributed by atoms with Gasteiger partial charge in [-0.15, -0.1) is 6.58 Å². The van der Waals surface area contributed by atoms with Crippen LogP contribution < -0.4 is 5.32 Å². The lowest BCUT2D eigenvalue weighted by molar-refractivity contribution is -0.163. The van der Waals surface area contributed by atoms with E-state index in [4.69, 9.17) is 9.47 Å². The standard InChI is InChI=1S/C19H27NO4/c1-6-12-23-15(5)19(22)24-14(4)18(21)20-17-11-9-8-10-16(17)13(3)7-2/h6,8-11,13-15H,1,7,12H2,2-5H3,(H,20,21). The monoisotopic (exact) mass is 333 g/mol. The van der Waals surface area contributed by atoms with Gasteiger partial charge in [-0.05, 0) is 37.8 Å². The highest BCUT2D eigenvalue weighted by Crippen LogP contribution is 2.26. The summed E-state index contributed by atoms with van der Waals surface area (Å²) in [6.45, 7) is 11.1. The van der Waals surface area contributed by atoms with E-state index >= 15 is 0 Å². The van der Waals surface area contributed by atoms with Crippen LogP contribution in [0.5, 0.6) is 0 Å². The van der Waals surface area contributed by atoms with Crippen molar-refractivity contribution >= 4 is 17.6 Å². The summed E-state index contributed by atoms with van der Waals surface area (Å²) in [7, 11) is 0. The Kier molecular flexibility index (Phi) is 8.19. The molecule has 0 bridgehead atoms. The molecule has 1 amide bonds. The lowest BCUT2D eigenvalue weighted by atomic mass is 9.97. The largest absolute Gasteiger partial charge is 0.451 e. The molecule has 1 aromatic rings. The van der Waals surface area contributed by atoms with Crippen molar-refractivity contribution in [2.75, 3.05) is 11.9 Å². The van der Waals surface area contributed by atoms with Crippen LogP contribution in [-0.4, -0.2) is 30.7 Å². The van der Waals surface area contributed by atoms with Crippen LogP contribution in [0, 0.1) is 0 Å². The molecular formula is C19H27NO4. The highest BCUT2D eigenvalue weighted by atomic mass is 16.6. The quantitative estimate of drug-likeness (QED) is 0.553. The minimum Gasteiger partial charge on any atom is -0.451 e. The third kappa shape index (κ3) is 5.81. The summed E-state index contributed by atoms with van der Waals surface area (Å²) in [5.74, 6) is -0.614. The van der Waals surface area contributed by atoms with Crippen LogP contribution in [0.1, 0.15) is 45.6 Å². The molecule has 1 N–H and O–H groups in total. The average molecular weight is 333 g/mol. The second-order valence-electron chi connectivity index (χ2n) is 5.73. The number of benzene rings is 1. The van der Waals surface area contributed by atoms with Gasteiger partial charge in [-0.25, -0.2) is 4.79 Å². The Labute approximate surface area is 144 Å². The van der Waals surface area contributed by atoms with E-state index in [9.17, 15) is 9.59 Å². The number of rotatable bonds is 9. The summed E-state index contributed by atoms with van der Waals surface area (Å²) < 4.78 is 10.4. The molecule has 0 saturated heterocycles. The molecular weight excluding hydrogens is 306 g/mol. The fourth-order valence-corrected chi connectivity index (χ4v) is 2.10. The summed E-state index contributed by atoms with van der Waals surface area (Å²) in [5, 5.41) is 2.84. The molecule has 0 aliphatic heterocycles. The molecule has 5 heteroatoms. The van der Waals surface area contributed by atoms with E-state index in [1.165, 1.54) is 0 Å². The van der Waals surface area contributed by atoms with Crippen LogP contribution in [0.4, 0.5) is 5.69 Å². The molecule has 0 saturated carbocycles. The van der Waals surface area contributed by atoms with Crippen LogP contribution in [0.3, 0.4) is 0 Å². The molecule has 1 rings (SSSR count). The predicted octanol–water partition coefficient (Wildman–Crippen LogP) is 3.66. The van der Waals surface area contributed by atoms with Crippen molar-refractivity contribution < 1.29 is 19.1 Å². The minimum atomic E-state index is -0.905. The minimum absolute atomic E-state index is 0.249. The van der Waals surface area contributed by atoms with E-state index in [1.54, 1.807) is 19.9 Å². The first-order valence-corrected chi connectivity index (χ1v) is 8.23. The van der Waals surface area contributed by atoms with Gasteiger partial charge in [0.15, 0.2) is 12.2 Å². The molecule has 0 aromatic heterocycles. The normalized spacial score (nSPS) is 14.3. The Balaban J connectivity index is 2.68. The van der Waals surface area contributed by atoms with Crippen molar-refractivity contribution in [3.05, 3.63) is 42.5 Å². The number of hydrogen-bond donors (Lipinski definition) is 1. The third-order valence-electron chi connectivity index (χ3n) is 3.82. The highest BCUT2D eigenvalue weighted by Gasteiger charge is 2.23. The number of hydrogen-bond acceptors (Lipinski definition) is 4. The van der Waals surface area contributed by atoms with Crippen molar-refractivity contribution in [2.45, 2.75) is 52.2 Å². The zero-order valence-electron chi connectivity index (χ0n) is 14.9. The van der Waals surface area contributed by atoms with Gasteiger partial charge in [-0.1, -0.05) is 38.1 Å². The van der Waals surface area contributed by atoms with Crippen molar-refractivity contribution in [1.82, 2.24) is 0 Å². The maximum Gasteiger partial charge on any atom is 0.335 e. The zero-order valence-corrected chi connectivity index (χ0v) is 14.9. The number of para-hydroxylation sites is 1. The lowest BCUT2D eigenvalue weighted by Gasteiger charge is -2.19. The number of anilines is 1. The fourth-order valence-electron chi connectivity index (χ4n) is 2.10. The molecule has 3 unspecified atom stereocenters. The number of ether oxygens (including phenoxy) is 2. The van der Waals surface area contributed by atoms with Crippen molar-refractivity contribution in [1.29, 1.82) is 0 Å². The van der Waals surface area contributed by atoms with Gasteiger partial charge >= 0.3 is 5.97 Å². The zero-order chi connectivity index (χ0) is 18.1. The summed E-state index contributed by atoms with van der Waals surface area (Å²) in [6, 6.07) is 7.65. The maximum atomic E-state index is 12.3. The molecule has 0 aliphatic carbocycles. The Hall–Kier alpha value is -2.14. The van der Waals surface area contributed by atoms with Crippen molar-refractivity contribution in [3.63, 3.8) is 0 Å². The Bertz CT molecular complexity index is 570. The number of esters is 1. The van der Waals surface area contributed by atoms with Crippen LogP contribution in [0.15, 0.2) is 36.9 Å². The molecule has 0 fully saturated rings. The highest BCUT2D eigenvalue weighted by molar-refractivity contribution is 5.96. The van der Waals surface area contributed by atoms with Gasteiger partial charge in [0.05, 0.1) is 6.61 Å². The number of nitrogens with one attached hydrogen (secondary N) is 1. The van der Waals surface area contributed by atoms with Gasteiger partial charge < -0.3 is 14.8 Å².